The summed E-state index contributed by atoms with van der Waals surface area (Å²) in [5, 5.41) is 0. The average molecular weight is 663 g/mol. The fourth-order valence-electron chi connectivity index (χ4n) is 6.76. The summed E-state index contributed by atoms with van der Waals surface area (Å²) in [6.45, 7) is 4.50. The number of ether oxygens (including phenoxy) is 2. The second-order valence-electron chi connectivity index (χ2n) is 10.7. The van der Waals surface area contributed by atoms with Crippen molar-refractivity contribution in [2.24, 2.45) is 0 Å². The van der Waals surface area contributed by atoms with Crippen LogP contribution in [0.3, 0.4) is 0 Å². The first-order valence-electron chi connectivity index (χ1n) is 14.4. The number of benzene rings is 4. The summed E-state index contributed by atoms with van der Waals surface area (Å²) in [4.78, 5) is 0. The van der Waals surface area contributed by atoms with Crippen LogP contribution < -0.4 is 0 Å². The SMILES string of the molecule is CCCCc1ccccc1C1(OC)c2cc(Br)ccc2-c2ccc(Br)cc2C1(OC)c1ccccc1CCCC. The molecule has 208 valence electrons. The molecule has 40 heavy (non-hydrogen) atoms. The van der Waals surface area contributed by atoms with Crippen molar-refractivity contribution >= 4 is 31.9 Å². The molecule has 0 saturated carbocycles. The molecule has 4 aromatic carbocycles. The van der Waals surface area contributed by atoms with Crippen LogP contribution in [0.1, 0.15) is 72.9 Å². The molecule has 0 fully saturated rings. The molecule has 2 atom stereocenters. The zero-order chi connectivity index (χ0) is 28.3. The van der Waals surface area contributed by atoms with Crippen LogP contribution in [0.4, 0.5) is 0 Å². The van der Waals surface area contributed by atoms with Gasteiger partial charge in [0.2, 0.25) is 0 Å². The van der Waals surface area contributed by atoms with E-state index < -0.39 is 11.2 Å². The fraction of sp³-hybridized carbons (Fsp3) is 0.333. The molecule has 0 saturated heterocycles. The molecule has 0 radical (unpaired) electrons. The Kier molecular flexibility index (Phi) is 9.01. The first-order valence-corrected chi connectivity index (χ1v) is 15.9. The largest absolute Gasteiger partial charge is 0.365 e. The van der Waals surface area contributed by atoms with Crippen molar-refractivity contribution in [2.45, 2.75) is 63.6 Å². The molecule has 0 bridgehead atoms. The summed E-state index contributed by atoms with van der Waals surface area (Å²) in [5.41, 5.74) is 7.53. The van der Waals surface area contributed by atoms with Crippen LogP contribution in [0.2, 0.25) is 0 Å². The van der Waals surface area contributed by atoms with Crippen molar-refractivity contribution < 1.29 is 9.47 Å². The molecule has 0 aliphatic heterocycles. The van der Waals surface area contributed by atoms with Crippen LogP contribution in [0.25, 0.3) is 11.1 Å². The van der Waals surface area contributed by atoms with E-state index in [0.717, 1.165) is 80.9 Å². The standard InChI is InChI=1S/C36H38Br2O2/c1-5-7-13-25-15-9-11-17-31(25)35(39-3)33-23-27(37)19-21-29(33)30-22-20-28(38)24-34(30)36(35,40-4)32-18-12-10-16-26(32)14-8-6-2/h9-12,15-24H,5-8,13-14H2,1-4H3. The van der Waals surface area contributed by atoms with Crippen molar-refractivity contribution in [3.63, 3.8) is 0 Å². The Balaban J connectivity index is 2.01. The number of hydrogen-bond acceptors (Lipinski definition) is 2. The quantitative estimate of drug-likeness (QED) is 0.168. The maximum absolute atomic E-state index is 7.02. The van der Waals surface area contributed by atoms with Gasteiger partial charge in [-0.05, 0) is 83.3 Å². The van der Waals surface area contributed by atoms with E-state index in [0.29, 0.717) is 0 Å². The lowest BCUT2D eigenvalue weighted by atomic mass is 9.58. The fourth-order valence-corrected chi connectivity index (χ4v) is 7.48. The zero-order valence-corrected chi connectivity index (χ0v) is 27.1. The maximum atomic E-state index is 7.02. The van der Waals surface area contributed by atoms with Gasteiger partial charge in [0.15, 0.2) is 11.2 Å². The molecule has 4 heteroatoms. The van der Waals surface area contributed by atoms with E-state index in [1.165, 1.54) is 11.1 Å². The molecular formula is C36H38Br2O2. The van der Waals surface area contributed by atoms with Crippen LogP contribution in [-0.2, 0) is 33.5 Å². The Morgan fingerprint density at radius 2 is 0.950 bits per heavy atom. The summed E-state index contributed by atoms with van der Waals surface area (Å²) < 4.78 is 16.1. The highest BCUT2D eigenvalue weighted by Crippen LogP contribution is 2.62. The molecule has 0 amide bonds. The monoisotopic (exact) mass is 660 g/mol. The summed E-state index contributed by atoms with van der Waals surface area (Å²) in [6, 6.07) is 30.8. The Hall–Kier alpha value is -2.24. The highest BCUT2D eigenvalue weighted by molar-refractivity contribution is 9.10. The van der Waals surface area contributed by atoms with E-state index in [2.05, 4.69) is 131 Å². The van der Waals surface area contributed by atoms with Gasteiger partial charge in [0, 0.05) is 34.3 Å². The third-order valence-corrected chi connectivity index (χ3v) is 9.50. The molecule has 5 rings (SSSR count). The molecule has 0 aromatic heterocycles. The molecule has 0 heterocycles. The summed E-state index contributed by atoms with van der Waals surface area (Å²) in [5.74, 6) is 0. The molecular weight excluding hydrogens is 624 g/mol. The van der Waals surface area contributed by atoms with Crippen LogP contribution in [-0.4, -0.2) is 14.2 Å². The predicted octanol–water partition coefficient (Wildman–Crippen LogP) is 10.4. The minimum Gasteiger partial charge on any atom is -0.365 e. The number of unbranched alkanes of at least 4 members (excludes halogenated alkanes) is 2. The molecule has 1 aliphatic rings. The first kappa shape index (κ1) is 29.3. The van der Waals surface area contributed by atoms with E-state index in [4.69, 9.17) is 9.47 Å². The van der Waals surface area contributed by atoms with Crippen LogP contribution in [0.5, 0.6) is 0 Å². The molecule has 4 aromatic rings. The third-order valence-electron chi connectivity index (χ3n) is 8.51. The van der Waals surface area contributed by atoms with E-state index in [1.54, 1.807) is 0 Å². The van der Waals surface area contributed by atoms with Gasteiger partial charge in [-0.25, -0.2) is 0 Å². The smallest absolute Gasteiger partial charge is 0.156 e. The maximum Gasteiger partial charge on any atom is 0.156 e. The van der Waals surface area contributed by atoms with Gasteiger partial charge in [-0.15, -0.1) is 0 Å². The van der Waals surface area contributed by atoms with Gasteiger partial charge in [-0.3, -0.25) is 0 Å². The number of hydrogen-bond donors (Lipinski definition) is 0. The van der Waals surface area contributed by atoms with Crippen molar-refractivity contribution in [3.05, 3.63) is 127 Å². The second-order valence-corrected chi connectivity index (χ2v) is 12.5. The summed E-state index contributed by atoms with van der Waals surface area (Å²) in [7, 11) is 3.71. The molecule has 1 aliphatic carbocycles. The van der Waals surface area contributed by atoms with E-state index >= 15 is 0 Å². The van der Waals surface area contributed by atoms with Gasteiger partial charge in [-0.2, -0.15) is 0 Å². The first-order chi connectivity index (χ1) is 19.5. The Morgan fingerprint density at radius 3 is 1.32 bits per heavy atom. The van der Waals surface area contributed by atoms with Gasteiger partial charge in [0.1, 0.15) is 0 Å². The Labute approximate surface area is 256 Å². The average Bonchev–Trinajstić information content (AvgIpc) is 2.98. The normalized spacial score (nSPS) is 19.8. The number of aryl methyl sites for hydroxylation is 2. The highest BCUT2D eigenvalue weighted by Gasteiger charge is 2.62. The van der Waals surface area contributed by atoms with Crippen LogP contribution in [0.15, 0.2) is 93.9 Å². The predicted molar refractivity (Wildman–Crippen MR) is 173 cm³/mol. The van der Waals surface area contributed by atoms with E-state index in [-0.39, 0.29) is 0 Å². The number of rotatable bonds is 10. The van der Waals surface area contributed by atoms with Crippen molar-refractivity contribution in [1.82, 2.24) is 0 Å². The Bertz CT molecular complexity index is 1380. The third kappa shape index (κ3) is 4.61. The highest BCUT2D eigenvalue weighted by atomic mass is 79.9. The van der Waals surface area contributed by atoms with Gasteiger partial charge in [0.25, 0.3) is 0 Å². The minimum atomic E-state index is -0.957. The summed E-state index contributed by atoms with van der Waals surface area (Å²) >= 11 is 7.63. The van der Waals surface area contributed by atoms with Crippen molar-refractivity contribution in [1.29, 1.82) is 0 Å². The molecule has 0 spiro atoms. The Morgan fingerprint density at radius 1 is 0.550 bits per heavy atom. The summed E-state index contributed by atoms with van der Waals surface area (Å²) in [6.07, 6.45) is 6.42. The lowest BCUT2D eigenvalue weighted by molar-refractivity contribution is -0.155. The van der Waals surface area contributed by atoms with Crippen LogP contribution in [0, 0.1) is 0 Å². The minimum absolute atomic E-state index is 0.957. The van der Waals surface area contributed by atoms with Crippen LogP contribution >= 0.6 is 31.9 Å². The van der Waals surface area contributed by atoms with E-state index in [1.807, 2.05) is 14.2 Å². The molecule has 2 unspecified atom stereocenters. The topological polar surface area (TPSA) is 18.5 Å². The zero-order valence-electron chi connectivity index (χ0n) is 23.9. The van der Waals surface area contributed by atoms with Gasteiger partial charge >= 0.3 is 0 Å². The van der Waals surface area contributed by atoms with E-state index in [9.17, 15) is 0 Å². The van der Waals surface area contributed by atoms with Gasteiger partial charge in [0.05, 0.1) is 0 Å². The number of fused-ring (bicyclic) bond motifs is 3. The lowest BCUT2D eigenvalue weighted by Gasteiger charge is -2.54. The van der Waals surface area contributed by atoms with Crippen molar-refractivity contribution in [2.75, 3.05) is 14.2 Å². The second kappa shape index (κ2) is 12.3. The van der Waals surface area contributed by atoms with Crippen molar-refractivity contribution in [3.8, 4) is 11.1 Å². The molecule has 0 N–H and O–H groups in total. The number of methoxy groups -OCH3 is 2. The van der Waals surface area contributed by atoms with Gasteiger partial charge in [-0.1, -0.05) is 119 Å². The number of halogens is 2. The van der Waals surface area contributed by atoms with Gasteiger partial charge < -0.3 is 9.47 Å². The molecule has 2 nitrogen and oxygen atoms in total. The lowest BCUT2D eigenvalue weighted by Crippen LogP contribution is -2.56.